The molecule has 2 rings (SSSR count). The van der Waals surface area contributed by atoms with Gasteiger partial charge in [-0.15, -0.1) is 0 Å². The fraction of sp³-hybridized carbons (Fsp3) is 0.333. The normalized spacial score (nSPS) is 11.5. The highest BCUT2D eigenvalue weighted by atomic mass is 35.5. The van der Waals surface area contributed by atoms with Crippen LogP contribution in [0, 0.1) is 0 Å². The molecule has 4 N–H and O–H groups in total. The maximum Gasteiger partial charge on any atom is 0.314 e. The van der Waals surface area contributed by atoms with E-state index in [4.69, 9.17) is 23.2 Å². The zero-order valence-corrected chi connectivity index (χ0v) is 19.9. The lowest BCUT2D eigenvalue weighted by atomic mass is 10.1. The topological polar surface area (TPSA) is 111 Å². The monoisotopic (exact) mass is 500 g/mol. The largest absolute Gasteiger partial charge is 0.352 e. The van der Waals surface area contributed by atoms with E-state index in [1.54, 1.807) is 43.4 Å². The average molecular weight is 501 g/mol. The van der Waals surface area contributed by atoms with Gasteiger partial charge in [0.05, 0.1) is 15.7 Å². The van der Waals surface area contributed by atoms with Crippen molar-refractivity contribution < 1.29 is 18.4 Å². The summed E-state index contributed by atoms with van der Waals surface area (Å²) in [7, 11) is 1.55. The quantitative estimate of drug-likeness (QED) is 0.279. The summed E-state index contributed by atoms with van der Waals surface area (Å²) in [5.41, 5.74) is 1.72. The lowest BCUT2D eigenvalue weighted by Gasteiger charge is -2.20. The summed E-state index contributed by atoms with van der Waals surface area (Å²) in [6.07, 6.45) is 1.88. The van der Waals surface area contributed by atoms with Crippen molar-refractivity contribution in [1.29, 1.82) is 0 Å². The van der Waals surface area contributed by atoms with E-state index in [9.17, 15) is 18.4 Å². The van der Waals surface area contributed by atoms with E-state index in [-0.39, 0.29) is 18.5 Å². The molecule has 8 nitrogen and oxygen atoms in total. The van der Waals surface area contributed by atoms with E-state index >= 15 is 0 Å². The predicted molar refractivity (Wildman–Crippen MR) is 129 cm³/mol. The van der Waals surface area contributed by atoms with Gasteiger partial charge in [-0.25, -0.2) is 9.00 Å². The van der Waals surface area contributed by atoms with Crippen molar-refractivity contribution in [3.05, 3.63) is 63.6 Å². The minimum absolute atomic E-state index is 0.234. The molecule has 0 bridgehead atoms. The number of amides is 3. The molecule has 174 valence electrons. The van der Waals surface area contributed by atoms with Gasteiger partial charge >= 0.3 is 6.03 Å². The maximum absolute atomic E-state index is 12.3. The molecule has 1 atom stereocenters. The van der Waals surface area contributed by atoms with Gasteiger partial charge in [0.1, 0.15) is 0 Å². The summed E-state index contributed by atoms with van der Waals surface area (Å²) < 4.78 is 22.9. The van der Waals surface area contributed by atoms with Crippen LogP contribution in [0.2, 0.25) is 10.0 Å². The van der Waals surface area contributed by atoms with E-state index in [1.807, 2.05) is 6.07 Å². The second-order valence-electron chi connectivity index (χ2n) is 6.81. The zero-order chi connectivity index (χ0) is 23.5. The molecular weight excluding hydrogens is 475 g/mol. The molecule has 0 heterocycles. The summed E-state index contributed by atoms with van der Waals surface area (Å²) in [6, 6.07) is 11.5. The summed E-state index contributed by atoms with van der Waals surface area (Å²) in [5.74, 6) is -0.238. The number of anilines is 1. The molecular formula is C21H26Cl2N4O4S. The van der Waals surface area contributed by atoms with Crippen LogP contribution in [0.4, 0.5) is 10.5 Å². The van der Waals surface area contributed by atoms with E-state index in [2.05, 4.69) is 16.0 Å². The number of carbonyl (C=O) groups excluding carboxylic acids is 2. The number of urea groups is 1. The number of nitrogens with zero attached hydrogens (tertiary/aromatic N) is 1. The Morgan fingerprint density at radius 1 is 1.03 bits per heavy atom. The molecule has 11 heteroatoms. The number of hydrogen-bond donors (Lipinski definition) is 4. The van der Waals surface area contributed by atoms with Gasteiger partial charge in [-0.2, -0.15) is 0 Å². The number of unbranched alkanes of at least 4 members (excludes halogenated alkanes) is 1. The summed E-state index contributed by atoms with van der Waals surface area (Å²) in [4.78, 5) is 23.3. The van der Waals surface area contributed by atoms with Crippen LogP contribution >= 0.6 is 23.2 Å². The fourth-order valence-electron chi connectivity index (χ4n) is 2.88. The van der Waals surface area contributed by atoms with Crippen LogP contribution in [0.3, 0.4) is 0 Å². The third-order valence-corrected chi connectivity index (χ3v) is 6.25. The zero-order valence-electron chi connectivity index (χ0n) is 17.6. The van der Waals surface area contributed by atoms with Crippen molar-refractivity contribution in [2.75, 3.05) is 31.0 Å². The molecule has 2 aromatic rings. The Bertz CT molecular complexity index is 944. The van der Waals surface area contributed by atoms with Gasteiger partial charge < -0.3 is 16.0 Å². The van der Waals surface area contributed by atoms with Crippen molar-refractivity contribution >= 4 is 52.1 Å². The van der Waals surface area contributed by atoms with Gasteiger partial charge in [0.2, 0.25) is 0 Å². The van der Waals surface area contributed by atoms with E-state index < -0.39 is 11.3 Å². The number of hydrogen-bond acceptors (Lipinski definition) is 3. The Hall–Kier alpha value is -2.33. The van der Waals surface area contributed by atoms with Crippen LogP contribution in [-0.4, -0.2) is 47.4 Å². The molecule has 0 radical (unpaired) electrons. The minimum atomic E-state index is -2.25. The van der Waals surface area contributed by atoms with Crippen LogP contribution in [-0.2, 0) is 17.7 Å². The highest BCUT2D eigenvalue weighted by molar-refractivity contribution is 7.80. The maximum atomic E-state index is 12.3. The van der Waals surface area contributed by atoms with Gasteiger partial charge in [-0.3, -0.25) is 13.7 Å². The lowest BCUT2D eigenvalue weighted by Crippen LogP contribution is -2.33. The van der Waals surface area contributed by atoms with Crippen LogP contribution in [0.25, 0.3) is 0 Å². The molecule has 0 saturated heterocycles. The number of nitrogens with one attached hydrogen (secondary N) is 3. The van der Waals surface area contributed by atoms with Gasteiger partial charge in [0, 0.05) is 32.2 Å². The van der Waals surface area contributed by atoms with E-state index in [1.165, 1.54) is 4.31 Å². The SMILES string of the molecule is CNC(=O)NCCCCNC(=O)c1ccc(N(CCc2cccc(Cl)c2Cl)S(=O)O)cc1. The lowest BCUT2D eigenvalue weighted by molar-refractivity contribution is 0.0953. The van der Waals surface area contributed by atoms with Crippen LogP contribution in [0.5, 0.6) is 0 Å². The van der Waals surface area contributed by atoms with Crippen LogP contribution in [0.15, 0.2) is 42.5 Å². The molecule has 0 saturated carbocycles. The molecule has 0 fully saturated rings. The highest BCUT2D eigenvalue weighted by Gasteiger charge is 2.15. The fourth-order valence-corrected chi connectivity index (χ4v) is 3.85. The number of halogens is 2. The first kappa shape index (κ1) is 25.9. The number of rotatable bonds is 11. The van der Waals surface area contributed by atoms with Gasteiger partial charge in [0.25, 0.3) is 17.2 Å². The smallest absolute Gasteiger partial charge is 0.314 e. The third-order valence-electron chi connectivity index (χ3n) is 4.62. The third kappa shape index (κ3) is 7.98. The second kappa shape index (κ2) is 13.3. The first-order chi connectivity index (χ1) is 15.3. The standard InChI is InChI=1S/C21H26Cl2N4O4S/c1-24-21(29)26-13-3-2-12-25-20(28)16-7-9-17(10-8-16)27(32(30)31)14-11-15-5-4-6-18(22)19(15)23/h4-10H,2-3,11-14H2,1H3,(H,25,28)(H,30,31)(H2,24,26,29). The number of carbonyl (C=O) groups is 2. The molecule has 0 aliphatic carbocycles. The first-order valence-corrected chi connectivity index (χ1v) is 11.8. The Labute approximate surface area is 200 Å². The first-order valence-electron chi connectivity index (χ1n) is 9.98. The average Bonchev–Trinajstić information content (AvgIpc) is 2.78. The molecule has 0 spiro atoms. The summed E-state index contributed by atoms with van der Waals surface area (Å²) >= 11 is 9.97. The summed E-state index contributed by atoms with van der Waals surface area (Å²) in [5, 5.41) is 8.81. The Morgan fingerprint density at radius 2 is 1.69 bits per heavy atom. The van der Waals surface area contributed by atoms with Crippen molar-refractivity contribution in [3.8, 4) is 0 Å². The summed E-state index contributed by atoms with van der Waals surface area (Å²) in [6.45, 7) is 1.24. The van der Waals surface area contributed by atoms with Gasteiger partial charge in [-0.1, -0.05) is 35.3 Å². The Balaban J connectivity index is 1.88. The molecule has 0 aliphatic rings. The van der Waals surface area contributed by atoms with Crippen LogP contribution in [0.1, 0.15) is 28.8 Å². The van der Waals surface area contributed by atoms with Crippen LogP contribution < -0.4 is 20.3 Å². The van der Waals surface area contributed by atoms with E-state index in [0.29, 0.717) is 40.8 Å². The minimum Gasteiger partial charge on any atom is -0.352 e. The van der Waals surface area contributed by atoms with Crippen molar-refractivity contribution in [2.45, 2.75) is 19.3 Å². The van der Waals surface area contributed by atoms with Gasteiger partial charge in [-0.05, 0) is 55.2 Å². The second-order valence-corrected chi connectivity index (χ2v) is 8.50. The molecule has 3 amide bonds. The van der Waals surface area contributed by atoms with Crippen molar-refractivity contribution in [2.24, 2.45) is 0 Å². The van der Waals surface area contributed by atoms with Crippen molar-refractivity contribution in [1.82, 2.24) is 16.0 Å². The van der Waals surface area contributed by atoms with Gasteiger partial charge in [0.15, 0.2) is 0 Å². The molecule has 32 heavy (non-hydrogen) atoms. The molecule has 0 aromatic heterocycles. The molecule has 1 unspecified atom stereocenters. The Kier molecular flexibility index (Phi) is 10.8. The van der Waals surface area contributed by atoms with E-state index in [0.717, 1.165) is 18.4 Å². The molecule has 2 aromatic carbocycles. The highest BCUT2D eigenvalue weighted by Crippen LogP contribution is 2.26. The Morgan fingerprint density at radius 3 is 2.31 bits per heavy atom. The number of benzene rings is 2. The molecule has 0 aliphatic heterocycles. The van der Waals surface area contributed by atoms with Crippen molar-refractivity contribution in [3.63, 3.8) is 0 Å². The predicted octanol–water partition coefficient (Wildman–Crippen LogP) is 3.62.